The number of nitrogens with zero attached hydrogens (tertiary/aromatic N) is 1. The fourth-order valence-corrected chi connectivity index (χ4v) is 1.96. The Kier molecular flexibility index (Phi) is 3.60. The van der Waals surface area contributed by atoms with E-state index in [1.165, 1.54) is 19.1 Å². The number of hydrogen-bond donors (Lipinski definition) is 2. The first-order valence-electron chi connectivity index (χ1n) is 6.68. The highest BCUT2D eigenvalue weighted by Gasteiger charge is 2.11. The van der Waals surface area contributed by atoms with Gasteiger partial charge in [-0.1, -0.05) is 0 Å². The van der Waals surface area contributed by atoms with E-state index in [2.05, 4.69) is 10.3 Å². The molecule has 3 aromatic rings. The third-order valence-electron chi connectivity index (χ3n) is 3.13. The Morgan fingerprint density at radius 3 is 2.68 bits per heavy atom. The Balaban J connectivity index is 1.86. The first kappa shape index (κ1) is 14.2. The lowest BCUT2D eigenvalue weighted by Crippen LogP contribution is -2.24. The van der Waals surface area contributed by atoms with Gasteiger partial charge in [-0.2, -0.15) is 0 Å². The maximum atomic E-state index is 13.1. The topological polar surface area (TPSA) is 75.4 Å². The number of nitrogens with one attached hydrogen (secondary N) is 1. The van der Waals surface area contributed by atoms with Gasteiger partial charge in [-0.05, 0) is 43.3 Å². The molecule has 22 heavy (non-hydrogen) atoms. The lowest BCUT2D eigenvalue weighted by molar-refractivity contribution is -0.123. The second-order valence-electron chi connectivity index (χ2n) is 4.87. The highest BCUT2D eigenvalue weighted by molar-refractivity contribution is 5.93. The number of rotatable bonds is 3. The fraction of sp³-hybridized carbons (Fsp3) is 0.125. The zero-order valence-electron chi connectivity index (χ0n) is 11.7. The minimum absolute atomic E-state index is 0.369. The molecule has 2 N–H and O–H groups in total. The fourth-order valence-electron chi connectivity index (χ4n) is 1.96. The number of fused-ring (bicyclic) bond motifs is 1. The Labute approximate surface area is 125 Å². The van der Waals surface area contributed by atoms with Crippen LogP contribution in [0.4, 0.5) is 10.1 Å². The summed E-state index contributed by atoms with van der Waals surface area (Å²) in [6, 6.07) is 10.9. The summed E-state index contributed by atoms with van der Waals surface area (Å²) in [5, 5.41) is 11.7. The Morgan fingerprint density at radius 1 is 1.27 bits per heavy atom. The van der Waals surface area contributed by atoms with Crippen molar-refractivity contribution in [2.75, 3.05) is 5.32 Å². The van der Waals surface area contributed by atoms with E-state index in [0.717, 1.165) is 0 Å². The van der Waals surface area contributed by atoms with Crippen LogP contribution in [-0.4, -0.2) is 22.1 Å². The van der Waals surface area contributed by atoms with Crippen molar-refractivity contribution in [3.8, 4) is 11.5 Å². The standard InChI is InChI=1S/C16H13FN2O3/c1-9(20)15(21)18-12-5-2-10(3-6-12)16-19-13-7-4-11(17)8-14(13)22-16/h2-9,20H,1H3,(H,18,21). The number of anilines is 1. The molecule has 2 aromatic carbocycles. The summed E-state index contributed by atoms with van der Waals surface area (Å²) < 4.78 is 18.7. The molecule has 1 aromatic heterocycles. The average molecular weight is 300 g/mol. The van der Waals surface area contributed by atoms with Gasteiger partial charge in [0.25, 0.3) is 5.91 Å². The van der Waals surface area contributed by atoms with E-state index >= 15 is 0 Å². The van der Waals surface area contributed by atoms with E-state index in [4.69, 9.17) is 9.52 Å². The van der Waals surface area contributed by atoms with Crippen molar-refractivity contribution < 1.29 is 18.7 Å². The molecule has 0 radical (unpaired) electrons. The van der Waals surface area contributed by atoms with Gasteiger partial charge in [-0.15, -0.1) is 0 Å². The molecule has 1 unspecified atom stereocenters. The van der Waals surface area contributed by atoms with Crippen molar-refractivity contribution in [2.45, 2.75) is 13.0 Å². The smallest absolute Gasteiger partial charge is 0.252 e. The van der Waals surface area contributed by atoms with Gasteiger partial charge in [0.05, 0.1) is 0 Å². The molecule has 112 valence electrons. The summed E-state index contributed by atoms with van der Waals surface area (Å²) >= 11 is 0. The van der Waals surface area contributed by atoms with Gasteiger partial charge in [0, 0.05) is 17.3 Å². The number of oxazole rings is 1. The maximum Gasteiger partial charge on any atom is 0.252 e. The number of aliphatic hydroxyl groups is 1. The van der Waals surface area contributed by atoms with Gasteiger partial charge in [0.15, 0.2) is 5.58 Å². The Bertz CT molecular complexity index is 825. The van der Waals surface area contributed by atoms with Gasteiger partial charge < -0.3 is 14.8 Å². The summed E-state index contributed by atoms with van der Waals surface area (Å²) in [4.78, 5) is 15.7. The summed E-state index contributed by atoms with van der Waals surface area (Å²) in [6.07, 6.45) is -1.08. The number of halogens is 1. The summed E-state index contributed by atoms with van der Waals surface area (Å²) in [5.74, 6) is -0.495. The highest BCUT2D eigenvalue weighted by atomic mass is 19.1. The summed E-state index contributed by atoms with van der Waals surface area (Å²) in [7, 11) is 0. The molecule has 1 amide bonds. The molecule has 0 saturated carbocycles. The normalized spacial score (nSPS) is 12.3. The van der Waals surface area contributed by atoms with Gasteiger partial charge in [0.2, 0.25) is 5.89 Å². The zero-order valence-corrected chi connectivity index (χ0v) is 11.7. The van der Waals surface area contributed by atoms with Crippen LogP contribution in [0.15, 0.2) is 46.9 Å². The molecule has 5 nitrogen and oxygen atoms in total. The van der Waals surface area contributed by atoms with Crippen LogP contribution in [0.2, 0.25) is 0 Å². The van der Waals surface area contributed by atoms with Crippen LogP contribution in [0.1, 0.15) is 6.92 Å². The molecule has 0 bridgehead atoms. The number of aliphatic hydroxyl groups excluding tert-OH is 1. The molecule has 0 aliphatic heterocycles. The number of aromatic nitrogens is 1. The van der Waals surface area contributed by atoms with E-state index < -0.39 is 12.0 Å². The lowest BCUT2D eigenvalue weighted by Gasteiger charge is -2.07. The van der Waals surface area contributed by atoms with Gasteiger partial charge in [-0.3, -0.25) is 4.79 Å². The first-order chi connectivity index (χ1) is 10.5. The Morgan fingerprint density at radius 2 is 2.00 bits per heavy atom. The molecular formula is C16H13FN2O3. The Hall–Kier alpha value is -2.73. The average Bonchev–Trinajstić information content (AvgIpc) is 2.90. The van der Waals surface area contributed by atoms with E-state index in [1.807, 2.05) is 0 Å². The maximum absolute atomic E-state index is 13.1. The predicted octanol–water partition coefficient (Wildman–Crippen LogP) is 2.95. The molecule has 0 saturated heterocycles. The molecule has 6 heteroatoms. The number of carbonyl (C=O) groups is 1. The highest BCUT2D eigenvalue weighted by Crippen LogP contribution is 2.25. The molecule has 0 aliphatic rings. The van der Waals surface area contributed by atoms with Crippen molar-refractivity contribution in [3.05, 3.63) is 48.3 Å². The van der Waals surface area contributed by atoms with Crippen LogP contribution >= 0.6 is 0 Å². The first-order valence-corrected chi connectivity index (χ1v) is 6.68. The number of benzene rings is 2. The number of hydrogen-bond acceptors (Lipinski definition) is 4. The van der Waals surface area contributed by atoms with Crippen molar-refractivity contribution in [1.82, 2.24) is 4.98 Å². The zero-order chi connectivity index (χ0) is 15.7. The minimum Gasteiger partial charge on any atom is -0.436 e. The van der Waals surface area contributed by atoms with Crippen LogP contribution in [0.25, 0.3) is 22.6 Å². The molecule has 3 rings (SSSR count). The summed E-state index contributed by atoms with van der Waals surface area (Å²) in [6.45, 7) is 1.39. The second-order valence-corrected chi connectivity index (χ2v) is 4.87. The quantitative estimate of drug-likeness (QED) is 0.780. The van der Waals surface area contributed by atoms with E-state index in [-0.39, 0.29) is 5.82 Å². The lowest BCUT2D eigenvalue weighted by atomic mass is 10.2. The molecule has 0 spiro atoms. The van der Waals surface area contributed by atoms with Crippen LogP contribution < -0.4 is 5.32 Å². The molecule has 0 aliphatic carbocycles. The SMILES string of the molecule is CC(O)C(=O)Nc1ccc(-c2nc3ccc(F)cc3o2)cc1. The van der Waals surface area contributed by atoms with Crippen molar-refractivity contribution in [3.63, 3.8) is 0 Å². The third-order valence-corrected chi connectivity index (χ3v) is 3.13. The van der Waals surface area contributed by atoms with Gasteiger partial charge >= 0.3 is 0 Å². The van der Waals surface area contributed by atoms with Crippen molar-refractivity contribution in [1.29, 1.82) is 0 Å². The monoisotopic (exact) mass is 300 g/mol. The second kappa shape index (κ2) is 5.57. The van der Waals surface area contributed by atoms with Gasteiger partial charge in [-0.25, -0.2) is 9.37 Å². The molecular weight excluding hydrogens is 287 g/mol. The molecule has 1 atom stereocenters. The summed E-state index contributed by atoms with van der Waals surface area (Å²) in [5.41, 5.74) is 2.20. The van der Waals surface area contributed by atoms with Crippen LogP contribution in [0, 0.1) is 5.82 Å². The number of amides is 1. The van der Waals surface area contributed by atoms with E-state index in [9.17, 15) is 9.18 Å². The largest absolute Gasteiger partial charge is 0.436 e. The minimum atomic E-state index is -1.08. The van der Waals surface area contributed by atoms with E-state index in [0.29, 0.717) is 28.2 Å². The van der Waals surface area contributed by atoms with Crippen LogP contribution in [0.5, 0.6) is 0 Å². The predicted molar refractivity (Wildman–Crippen MR) is 79.7 cm³/mol. The van der Waals surface area contributed by atoms with Gasteiger partial charge in [0.1, 0.15) is 17.4 Å². The number of carbonyl (C=O) groups excluding carboxylic acids is 1. The van der Waals surface area contributed by atoms with Crippen molar-refractivity contribution in [2.24, 2.45) is 0 Å². The molecule has 1 heterocycles. The van der Waals surface area contributed by atoms with E-state index in [1.54, 1.807) is 30.3 Å². The van der Waals surface area contributed by atoms with Crippen LogP contribution in [-0.2, 0) is 4.79 Å². The third kappa shape index (κ3) is 2.82. The molecule has 0 fully saturated rings. The van der Waals surface area contributed by atoms with Crippen molar-refractivity contribution >= 4 is 22.7 Å². The van der Waals surface area contributed by atoms with Crippen LogP contribution in [0.3, 0.4) is 0 Å².